The van der Waals surface area contributed by atoms with Crippen LogP contribution in [-0.2, 0) is 12.8 Å². The first kappa shape index (κ1) is 13.3. The standard InChI is InChI=1S/C13H10N4O3S/c14-4-7-6-2-1-3-9(6)21-12(7)15-5-8-10(18)16-13(20)17-11(8)19/h5H,1-3H2,(H3,16,17,18,19,20). The molecule has 0 spiro atoms. The van der Waals surface area contributed by atoms with Gasteiger partial charge < -0.3 is 5.11 Å². The molecule has 1 aliphatic rings. The monoisotopic (exact) mass is 302 g/mol. The van der Waals surface area contributed by atoms with Crippen molar-refractivity contribution in [3.05, 3.63) is 42.4 Å². The predicted molar refractivity (Wildman–Crippen MR) is 77.7 cm³/mol. The van der Waals surface area contributed by atoms with Crippen LogP contribution >= 0.6 is 11.3 Å². The van der Waals surface area contributed by atoms with Crippen LogP contribution in [0.1, 0.15) is 28.0 Å². The van der Waals surface area contributed by atoms with Gasteiger partial charge in [-0.2, -0.15) is 5.26 Å². The first-order valence-electron chi connectivity index (χ1n) is 6.24. The number of aromatic hydroxyl groups is 1. The van der Waals surface area contributed by atoms with E-state index in [9.17, 15) is 20.0 Å². The summed E-state index contributed by atoms with van der Waals surface area (Å²) in [5.74, 6) is -0.546. The van der Waals surface area contributed by atoms with Gasteiger partial charge in [0.25, 0.3) is 5.56 Å². The number of aromatic amines is 2. The molecule has 0 radical (unpaired) electrons. The largest absolute Gasteiger partial charge is 0.494 e. The quantitative estimate of drug-likeness (QED) is 0.714. The number of nitriles is 1. The number of H-pyrrole nitrogens is 2. The molecule has 106 valence electrons. The van der Waals surface area contributed by atoms with Gasteiger partial charge in [-0.05, 0) is 24.8 Å². The molecule has 7 nitrogen and oxygen atoms in total. The number of nitrogens with one attached hydrogen (secondary N) is 2. The Balaban J connectivity index is 2.04. The number of nitrogens with zero attached hydrogens (tertiary/aromatic N) is 2. The third kappa shape index (κ3) is 2.28. The number of aryl methyl sites for hydroxylation is 1. The number of thiophene rings is 1. The van der Waals surface area contributed by atoms with Gasteiger partial charge in [0.05, 0.1) is 5.56 Å². The fourth-order valence-corrected chi connectivity index (χ4v) is 3.51. The summed E-state index contributed by atoms with van der Waals surface area (Å²) in [4.78, 5) is 31.9. The summed E-state index contributed by atoms with van der Waals surface area (Å²) in [6, 6.07) is 2.14. The minimum absolute atomic E-state index is 0.146. The van der Waals surface area contributed by atoms with Crippen LogP contribution in [0, 0.1) is 11.3 Å². The van der Waals surface area contributed by atoms with Gasteiger partial charge in [-0.3, -0.25) is 14.8 Å². The Bertz CT molecular complexity index is 898. The number of aliphatic imine (C=N–C) groups is 1. The van der Waals surface area contributed by atoms with E-state index in [1.165, 1.54) is 11.3 Å². The molecule has 0 fully saturated rings. The third-order valence-electron chi connectivity index (χ3n) is 3.28. The molecular weight excluding hydrogens is 292 g/mol. The lowest BCUT2D eigenvalue weighted by atomic mass is 10.1. The molecule has 3 N–H and O–H groups in total. The van der Waals surface area contributed by atoms with Gasteiger partial charge in [0.1, 0.15) is 16.6 Å². The van der Waals surface area contributed by atoms with E-state index in [0.717, 1.165) is 35.9 Å². The number of fused-ring (bicyclic) bond motifs is 1. The summed E-state index contributed by atoms with van der Waals surface area (Å²) in [6.07, 6.45) is 4.01. The maximum absolute atomic E-state index is 11.6. The minimum atomic E-state index is -0.789. The molecule has 8 heteroatoms. The van der Waals surface area contributed by atoms with Crippen LogP contribution in [0.2, 0.25) is 0 Å². The van der Waals surface area contributed by atoms with Crippen LogP contribution in [0.15, 0.2) is 14.6 Å². The molecule has 2 heterocycles. The van der Waals surface area contributed by atoms with Crippen molar-refractivity contribution in [1.82, 2.24) is 9.97 Å². The Labute approximate surface area is 122 Å². The highest BCUT2D eigenvalue weighted by atomic mass is 32.1. The highest BCUT2D eigenvalue weighted by Crippen LogP contribution is 2.40. The van der Waals surface area contributed by atoms with Gasteiger partial charge >= 0.3 is 5.69 Å². The summed E-state index contributed by atoms with van der Waals surface area (Å²) < 4.78 is 0. The van der Waals surface area contributed by atoms with Gasteiger partial charge in [0, 0.05) is 11.1 Å². The molecular formula is C13H10N4O3S. The highest BCUT2D eigenvalue weighted by Gasteiger charge is 2.21. The molecule has 0 amide bonds. The smallest absolute Gasteiger partial charge is 0.328 e. The number of rotatable bonds is 2. The van der Waals surface area contributed by atoms with Gasteiger partial charge in [0.2, 0.25) is 5.88 Å². The minimum Gasteiger partial charge on any atom is -0.494 e. The zero-order valence-corrected chi connectivity index (χ0v) is 11.6. The van der Waals surface area contributed by atoms with Crippen molar-refractivity contribution < 1.29 is 5.11 Å². The van der Waals surface area contributed by atoms with Crippen LogP contribution < -0.4 is 11.2 Å². The molecule has 0 saturated carbocycles. The lowest BCUT2D eigenvalue weighted by molar-refractivity contribution is 0.447. The molecule has 3 rings (SSSR count). The lowest BCUT2D eigenvalue weighted by Crippen LogP contribution is -2.24. The van der Waals surface area contributed by atoms with Crippen molar-refractivity contribution in [2.75, 3.05) is 0 Å². The molecule has 2 aromatic rings. The summed E-state index contributed by atoms with van der Waals surface area (Å²) in [5.41, 5.74) is -0.101. The third-order valence-corrected chi connectivity index (χ3v) is 4.48. The number of hydrogen-bond donors (Lipinski definition) is 3. The van der Waals surface area contributed by atoms with Crippen LogP contribution in [-0.4, -0.2) is 21.3 Å². The van der Waals surface area contributed by atoms with Gasteiger partial charge in [-0.25, -0.2) is 9.79 Å². The van der Waals surface area contributed by atoms with E-state index >= 15 is 0 Å². The lowest BCUT2D eigenvalue weighted by Gasteiger charge is -1.96. The van der Waals surface area contributed by atoms with Crippen molar-refractivity contribution in [3.8, 4) is 11.9 Å². The van der Waals surface area contributed by atoms with Crippen molar-refractivity contribution in [2.24, 2.45) is 4.99 Å². The van der Waals surface area contributed by atoms with E-state index < -0.39 is 17.1 Å². The van der Waals surface area contributed by atoms with Gasteiger partial charge in [-0.15, -0.1) is 11.3 Å². The maximum atomic E-state index is 11.6. The molecule has 2 aromatic heterocycles. The SMILES string of the molecule is N#Cc1c(N=Cc2c(O)[nH]c(=O)[nH]c2=O)sc2c1CCC2. The molecule has 0 aliphatic heterocycles. The molecule has 0 saturated heterocycles. The average Bonchev–Trinajstić information content (AvgIpc) is 2.97. The molecule has 1 aliphatic carbocycles. The molecule has 21 heavy (non-hydrogen) atoms. The first-order chi connectivity index (χ1) is 10.1. The van der Waals surface area contributed by atoms with Crippen LogP contribution in [0.5, 0.6) is 5.88 Å². The topological polar surface area (TPSA) is 122 Å². The van der Waals surface area contributed by atoms with Crippen molar-refractivity contribution in [3.63, 3.8) is 0 Å². The summed E-state index contributed by atoms with van der Waals surface area (Å²) in [5, 5.41) is 19.3. The van der Waals surface area contributed by atoms with Crippen LogP contribution in [0.3, 0.4) is 0 Å². The Morgan fingerprint density at radius 3 is 2.86 bits per heavy atom. The van der Waals surface area contributed by atoms with Crippen molar-refractivity contribution in [1.29, 1.82) is 5.26 Å². The Morgan fingerprint density at radius 1 is 1.33 bits per heavy atom. The van der Waals surface area contributed by atoms with E-state index in [1.807, 2.05) is 4.98 Å². The second kappa shape index (κ2) is 5.03. The van der Waals surface area contributed by atoms with Gasteiger partial charge in [-0.1, -0.05) is 0 Å². The van der Waals surface area contributed by atoms with Crippen LogP contribution in [0.4, 0.5) is 5.00 Å². The van der Waals surface area contributed by atoms with E-state index in [0.29, 0.717) is 10.6 Å². The second-order valence-electron chi connectivity index (χ2n) is 4.58. The fraction of sp³-hybridized carbons (Fsp3) is 0.231. The van der Waals surface area contributed by atoms with E-state index in [1.54, 1.807) is 0 Å². The summed E-state index contributed by atoms with van der Waals surface area (Å²) in [7, 11) is 0. The number of aromatic nitrogens is 2. The van der Waals surface area contributed by atoms with E-state index in [2.05, 4.69) is 16.0 Å². The molecule has 0 unspecified atom stereocenters. The van der Waals surface area contributed by atoms with Crippen molar-refractivity contribution >= 4 is 22.6 Å². The number of hydrogen-bond acceptors (Lipinski definition) is 6. The Kier molecular flexibility index (Phi) is 3.19. The zero-order valence-electron chi connectivity index (χ0n) is 10.8. The predicted octanol–water partition coefficient (Wildman–Crippen LogP) is 0.941. The van der Waals surface area contributed by atoms with E-state index in [4.69, 9.17) is 0 Å². The molecule has 0 bridgehead atoms. The maximum Gasteiger partial charge on any atom is 0.328 e. The Morgan fingerprint density at radius 2 is 2.14 bits per heavy atom. The highest BCUT2D eigenvalue weighted by molar-refractivity contribution is 7.16. The van der Waals surface area contributed by atoms with Crippen LogP contribution in [0.25, 0.3) is 0 Å². The van der Waals surface area contributed by atoms with E-state index in [-0.39, 0.29) is 5.56 Å². The summed E-state index contributed by atoms with van der Waals surface area (Å²) >= 11 is 1.42. The molecule has 0 atom stereocenters. The fourth-order valence-electron chi connectivity index (χ4n) is 2.32. The first-order valence-corrected chi connectivity index (χ1v) is 7.06. The van der Waals surface area contributed by atoms with Gasteiger partial charge in [0.15, 0.2) is 0 Å². The second-order valence-corrected chi connectivity index (χ2v) is 5.66. The Hall–Kier alpha value is -2.66. The summed E-state index contributed by atoms with van der Waals surface area (Å²) in [6.45, 7) is 0. The normalized spacial score (nSPS) is 13.5. The molecule has 0 aromatic carbocycles. The van der Waals surface area contributed by atoms with Crippen molar-refractivity contribution in [2.45, 2.75) is 19.3 Å². The average molecular weight is 302 g/mol. The zero-order chi connectivity index (χ0) is 15.0.